The van der Waals surface area contributed by atoms with Crippen LogP contribution in [0, 0.1) is 6.92 Å². The van der Waals surface area contributed by atoms with Crippen LogP contribution in [0.25, 0.3) is 5.69 Å². The Morgan fingerprint density at radius 3 is 3.00 bits per heavy atom. The van der Waals surface area contributed by atoms with E-state index in [4.69, 9.17) is 0 Å². The van der Waals surface area contributed by atoms with Gasteiger partial charge in [-0.05, 0) is 47.6 Å². The summed E-state index contributed by atoms with van der Waals surface area (Å²) in [5.74, 6) is 0. The van der Waals surface area contributed by atoms with Crippen LogP contribution in [0.4, 0.5) is 0 Å². The molecule has 5 heteroatoms. The van der Waals surface area contributed by atoms with Gasteiger partial charge in [-0.1, -0.05) is 11.3 Å². The lowest BCUT2D eigenvalue weighted by Crippen LogP contribution is -2.11. The van der Waals surface area contributed by atoms with Crippen molar-refractivity contribution in [3.05, 3.63) is 40.1 Å². The molecule has 1 aromatic carbocycles. The van der Waals surface area contributed by atoms with Gasteiger partial charge in [-0.15, -0.1) is 5.10 Å². The fourth-order valence-electron chi connectivity index (χ4n) is 1.55. The number of benzene rings is 1. The summed E-state index contributed by atoms with van der Waals surface area (Å²) >= 11 is 3.53. The van der Waals surface area contributed by atoms with Crippen LogP contribution in [0.1, 0.15) is 11.3 Å². The Bertz CT molecular complexity index is 492. The number of aromatic nitrogens is 3. The van der Waals surface area contributed by atoms with Crippen LogP contribution in [0.15, 0.2) is 28.9 Å². The van der Waals surface area contributed by atoms with Gasteiger partial charge in [0.2, 0.25) is 0 Å². The van der Waals surface area contributed by atoms with Crippen molar-refractivity contribution in [2.75, 3.05) is 7.05 Å². The first-order valence-corrected chi connectivity index (χ1v) is 5.82. The molecular formula is C11H13BrN4. The van der Waals surface area contributed by atoms with Crippen molar-refractivity contribution in [3.63, 3.8) is 0 Å². The van der Waals surface area contributed by atoms with Gasteiger partial charge in [-0.2, -0.15) is 0 Å². The average molecular weight is 281 g/mol. The lowest BCUT2D eigenvalue weighted by atomic mass is 10.2. The minimum Gasteiger partial charge on any atom is -0.314 e. The highest BCUT2D eigenvalue weighted by Crippen LogP contribution is 2.22. The minimum atomic E-state index is 0.743. The van der Waals surface area contributed by atoms with Gasteiger partial charge in [-0.25, -0.2) is 4.68 Å². The molecule has 0 aliphatic carbocycles. The standard InChI is InChI=1S/C11H13BrN4/c1-8-3-4-10(12)11(5-8)16-9(6-13-2)7-14-15-16/h3-5,7,13H,6H2,1-2H3. The molecular weight excluding hydrogens is 268 g/mol. The summed E-state index contributed by atoms with van der Waals surface area (Å²) in [4.78, 5) is 0. The molecule has 0 aliphatic heterocycles. The van der Waals surface area contributed by atoms with Gasteiger partial charge in [0.25, 0.3) is 0 Å². The Kier molecular flexibility index (Phi) is 3.36. The average Bonchev–Trinajstić information content (AvgIpc) is 2.70. The van der Waals surface area contributed by atoms with Crippen LogP contribution < -0.4 is 5.32 Å². The lowest BCUT2D eigenvalue weighted by molar-refractivity contribution is 0.712. The van der Waals surface area contributed by atoms with Gasteiger partial charge in [0.05, 0.1) is 17.6 Å². The van der Waals surface area contributed by atoms with E-state index in [2.05, 4.69) is 50.6 Å². The quantitative estimate of drug-likeness (QED) is 0.936. The number of aryl methyl sites for hydroxylation is 1. The van der Waals surface area contributed by atoms with Crippen molar-refractivity contribution in [1.29, 1.82) is 0 Å². The maximum atomic E-state index is 4.10. The highest BCUT2D eigenvalue weighted by molar-refractivity contribution is 9.10. The third kappa shape index (κ3) is 2.15. The van der Waals surface area contributed by atoms with Gasteiger partial charge >= 0.3 is 0 Å². The van der Waals surface area contributed by atoms with E-state index in [-0.39, 0.29) is 0 Å². The smallest absolute Gasteiger partial charge is 0.0811 e. The van der Waals surface area contributed by atoms with E-state index >= 15 is 0 Å². The number of hydrogen-bond acceptors (Lipinski definition) is 3. The fraction of sp³-hybridized carbons (Fsp3) is 0.273. The van der Waals surface area contributed by atoms with E-state index in [9.17, 15) is 0 Å². The predicted octanol–water partition coefficient (Wildman–Crippen LogP) is 2.06. The highest BCUT2D eigenvalue weighted by atomic mass is 79.9. The summed E-state index contributed by atoms with van der Waals surface area (Å²) in [6, 6.07) is 6.16. The first-order valence-electron chi connectivity index (χ1n) is 5.03. The molecule has 1 N–H and O–H groups in total. The Morgan fingerprint density at radius 1 is 1.44 bits per heavy atom. The molecule has 0 amide bonds. The molecule has 0 saturated carbocycles. The zero-order valence-electron chi connectivity index (χ0n) is 9.24. The van der Waals surface area contributed by atoms with Crippen molar-refractivity contribution in [3.8, 4) is 5.69 Å². The van der Waals surface area contributed by atoms with Gasteiger partial charge in [-0.3, -0.25) is 0 Å². The van der Waals surface area contributed by atoms with E-state index in [0.29, 0.717) is 0 Å². The molecule has 0 radical (unpaired) electrons. The second kappa shape index (κ2) is 4.76. The van der Waals surface area contributed by atoms with Crippen LogP contribution in [0.2, 0.25) is 0 Å². The third-order valence-corrected chi connectivity index (χ3v) is 2.98. The van der Waals surface area contributed by atoms with Crippen LogP contribution in [-0.2, 0) is 6.54 Å². The van der Waals surface area contributed by atoms with E-state index in [0.717, 1.165) is 22.4 Å². The summed E-state index contributed by atoms with van der Waals surface area (Å²) in [6.45, 7) is 2.80. The zero-order chi connectivity index (χ0) is 11.5. The van der Waals surface area contributed by atoms with E-state index < -0.39 is 0 Å². The largest absolute Gasteiger partial charge is 0.314 e. The normalized spacial score (nSPS) is 10.7. The second-order valence-corrected chi connectivity index (χ2v) is 4.48. The molecule has 0 saturated heterocycles. The molecule has 0 aliphatic rings. The van der Waals surface area contributed by atoms with Crippen LogP contribution in [0.3, 0.4) is 0 Å². The number of nitrogens with zero attached hydrogens (tertiary/aromatic N) is 3. The fourth-order valence-corrected chi connectivity index (χ4v) is 1.96. The number of halogens is 1. The van der Waals surface area contributed by atoms with Crippen molar-refractivity contribution < 1.29 is 0 Å². The van der Waals surface area contributed by atoms with Gasteiger partial charge in [0.15, 0.2) is 0 Å². The monoisotopic (exact) mass is 280 g/mol. The molecule has 0 bridgehead atoms. The Hall–Kier alpha value is -1.20. The summed E-state index contributed by atoms with van der Waals surface area (Å²) in [5, 5.41) is 11.1. The van der Waals surface area contributed by atoms with Crippen LogP contribution in [-0.4, -0.2) is 22.0 Å². The van der Waals surface area contributed by atoms with Crippen LogP contribution in [0.5, 0.6) is 0 Å². The molecule has 0 spiro atoms. The van der Waals surface area contributed by atoms with Gasteiger partial charge in [0, 0.05) is 11.0 Å². The minimum absolute atomic E-state index is 0.743. The molecule has 0 unspecified atom stereocenters. The maximum Gasteiger partial charge on any atom is 0.0811 e. The first-order chi connectivity index (χ1) is 7.72. The Labute approximate surface area is 103 Å². The zero-order valence-corrected chi connectivity index (χ0v) is 10.8. The van der Waals surface area contributed by atoms with E-state index in [1.165, 1.54) is 5.56 Å². The van der Waals surface area contributed by atoms with Gasteiger partial charge in [0.1, 0.15) is 0 Å². The second-order valence-electron chi connectivity index (χ2n) is 3.62. The Balaban J connectivity index is 2.49. The van der Waals surface area contributed by atoms with E-state index in [1.54, 1.807) is 6.20 Å². The van der Waals surface area contributed by atoms with Gasteiger partial charge < -0.3 is 5.32 Å². The number of rotatable bonds is 3. The molecule has 0 atom stereocenters. The number of hydrogen-bond donors (Lipinski definition) is 1. The van der Waals surface area contributed by atoms with Crippen molar-refractivity contribution in [2.24, 2.45) is 0 Å². The highest BCUT2D eigenvalue weighted by Gasteiger charge is 2.08. The summed E-state index contributed by atoms with van der Waals surface area (Å²) < 4.78 is 2.86. The van der Waals surface area contributed by atoms with Crippen molar-refractivity contribution >= 4 is 15.9 Å². The molecule has 1 aromatic heterocycles. The third-order valence-electron chi connectivity index (χ3n) is 2.31. The number of nitrogens with one attached hydrogen (secondary N) is 1. The molecule has 84 valence electrons. The lowest BCUT2D eigenvalue weighted by Gasteiger charge is -2.08. The molecule has 2 aromatic rings. The molecule has 16 heavy (non-hydrogen) atoms. The van der Waals surface area contributed by atoms with Crippen molar-refractivity contribution in [1.82, 2.24) is 20.3 Å². The molecule has 0 fully saturated rings. The topological polar surface area (TPSA) is 42.7 Å². The maximum absolute atomic E-state index is 4.10. The Morgan fingerprint density at radius 2 is 2.25 bits per heavy atom. The van der Waals surface area contributed by atoms with E-state index in [1.807, 2.05) is 17.8 Å². The molecule has 4 nitrogen and oxygen atoms in total. The van der Waals surface area contributed by atoms with Crippen molar-refractivity contribution in [2.45, 2.75) is 13.5 Å². The first kappa shape index (κ1) is 11.3. The van der Waals surface area contributed by atoms with Crippen LogP contribution >= 0.6 is 15.9 Å². The summed E-state index contributed by atoms with van der Waals surface area (Å²) in [5.41, 5.74) is 3.25. The summed E-state index contributed by atoms with van der Waals surface area (Å²) in [6.07, 6.45) is 1.77. The predicted molar refractivity (Wildman–Crippen MR) is 66.6 cm³/mol. The SMILES string of the molecule is CNCc1cnnn1-c1cc(C)ccc1Br. The summed E-state index contributed by atoms with van der Waals surface area (Å²) in [7, 11) is 1.91. The molecule has 2 rings (SSSR count). The molecule has 1 heterocycles.